The van der Waals surface area contributed by atoms with E-state index in [0.717, 1.165) is 15.8 Å². The molecule has 0 bridgehead atoms. The summed E-state index contributed by atoms with van der Waals surface area (Å²) in [7, 11) is 0. The Morgan fingerprint density at radius 2 is 2.14 bits per heavy atom. The zero-order valence-corrected chi connectivity index (χ0v) is 15.1. The Balaban J connectivity index is 1.85. The zero-order valence-electron chi connectivity index (χ0n) is 11.4. The molecule has 0 saturated heterocycles. The standard InChI is InChI=1S/C16H12BrFINO2/c17-9-1-4-15-12(7-9)14(5-6-22-15)20-16(21)11-3-2-10(18)8-13(11)19/h1-4,7-8,14H,5-6H2,(H,20,21). The lowest BCUT2D eigenvalue weighted by Crippen LogP contribution is -2.32. The Labute approximate surface area is 149 Å². The zero-order chi connectivity index (χ0) is 15.7. The highest BCUT2D eigenvalue weighted by atomic mass is 127. The molecule has 114 valence electrons. The van der Waals surface area contributed by atoms with Gasteiger partial charge in [0, 0.05) is 20.0 Å². The van der Waals surface area contributed by atoms with Gasteiger partial charge in [0.1, 0.15) is 11.6 Å². The Morgan fingerprint density at radius 1 is 1.32 bits per heavy atom. The summed E-state index contributed by atoms with van der Waals surface area (Å²) in [5, 5.41) is 3.01. The number of fused-ring (bicyclic) bond motifs is 1. The molecule has 1 amide bonds. The van der Waals surface area contributed by atoms with Gasteiger partial charge in [-0.25, -0.2) is 4.39 Å². The summed E-state index contributed by atoms with van der Waals surface area (Å²) in [6.45, 7) is 0.556. The molecule has 2 aromatic carbocycles. The fourth-order valence-electron chi connectivity index (χ4n) is 2.42. The molecule has 0 radical (unpaired) electrons. The molecule has 2 aromatic rings. The summed E-state index contributed by atoms with van der Waals surface area (Å²) < 4.78 is 20.3. The molecule has 6 heteroatoms. The van der Waals surface area contributed by atoms with Crippen molar-refractivity contribution in [2.45, 2.75) is 12.5 Å². The lowest BCUT2D eigenvalue weighted by molar-refractivity contribution is 0.0924. The molecule has 0 aliphatic carbocycles. The molecule has 1 aliphatic heterocycles. The summed E-state index contributed by atoms with van der Waals surface area (Å²) >= 11 is 5.41. The highest BCUT2D eigenvalue weighted by molar-refractivity contribution is 14.1. The SMILES string of the molecule is O=C(NC1CCOc2ccc(Br)cc21)c1ccc(F)cc1I. The van der Waals surface area contributed by atoms with Gasteiger partial charge in [0.15, 0.2) is 0 Å². The molecule has 22 heavy (non-hydrogen) atoms. The maximum Gasteiger partial charge on any atom is 0.252 e. The van der Waals surface area contributed by atoms with Crippen LogP contribution in [0.4, 0.5) is 4.39 Å². The van der Waals surface area contributed by atoms with Crippen LogP contribution < -0.4 is 10.1 Å². The van der Waals surface area contributed by atoms with Gasteiger partial charge in [-0.3, -0.25) is 4.79 Å². The van der Waals surface area contributed by atoms with Gasteiger partial charge in [0.25, 0.3) is 5.91 Å². The van der Waals surface area contributed by atoms with E-state index < -0.39 is 0 Å². The summed E-state index contributed by atoms with van der Waals surface area (Å²) in [4.78, 5) is 12.4. The predicted octanol–water partition coefficient (Wildman–Crippen LogP) is 4.45. The van der Waals surface area contributed by atoms with Gasteiger partial charge in [0.05, 0.1) is 18.2 Å². The number of hydrogen-bond donors (Lipinski definition) is 1. The molecule has 3 nitrogen and oxygen atoms in total. The van der Waals surface area contributed by atoms with Crippen LogP contribution >= 0.6 is 38.5 Å². The van der Waals surface area contributed by atoms with Crippen molar-refractivity contribution in [2.75, 3.05) is 6.61 Å². The lowest BCUT2D eigenvalue weighted by atomic mass is 10.00. The fourth-order valence-corrected chi connectivity index (χ4v) is 3.53. The van der Waals surface area contributed by atoms with Crippen molar-refractivity contribution in [1.82, 2.24) is 5.32 Å². The molecule has 0 saturated carbocycles. The van der Waals surface area contributed by atoms with Gasteiger partial charge in [-0.05, 0) is 59.0 Å². The predicted molar refractivity (Wildman–Crippen MR) is 93.6 cm³/mol. The summed E-state index contributed by atoms with van der Waals surface area (Å²) in [6, 6.07) is 9.79. The minimum Gasteiger partial charge on any atom is -0.493 e. The first kappa shape index (κ1) is 15.7. The molecule has 0 fully saturated rings. The Hall–Kier alpha value is -1.15. The van der Waals surface area contributed by atoms with Crippen molar-refractivity contribution in [3.05, 3.63) is 61.4 Å². The van der Waals surface area contributed by atoms with E-state index in [0.29, 0.717) is 22.2 Å². The highest BCUT2D eigenvalue weighted by Gasteiger charge is 2.24. The second-order valence-electron chi connectivity index (χ2n) is 4.97. The minimum absolute atomic E-state index is 0.116. The molecular weight excluding hydrogens is 464 g/mol. The first-order valence-corrected chi connectivity index (χ1v) is 8.60. The number of hydrogen-bond acceptors (Lipinski definition) is 2. The van der Waals surface area contributed by atoms with Crippen molar-refractivity contribution in [3.8, 4) is 5.75 Å². The van der Waals surface area contributed by atoms with Crippen molar-refractivity contribution >= 4 is 44.4 Å². The maximum atomic E-state index is 13.2. The number of rotatable bonds is 2. The lowest BCUT2D eigenvalue weighted by Gasteiger charge is -2.27. The fraction of sp³-hybridized carbons (Fsp3) is 0.188. The number of ether oxygens (including phenoxy) is 1. The van der Waals surface area contributed by atoms with Crippen LogP contribution in [0.1, 0.15) is 28.4 Å². The summed E-state index contributed by atoms with van der Waals surface area (Å²) in [6.07, 6.45) is 0.701. The first-order valence-electron chi connectivity index (χ1n) is 6.73. The largest absolute Gasteiger partial charge is 0.493 e. The smallest absolute Gasteiger partial charge is 0.252 e. The molecule has 0 aromatic heterocycles. The van der Waals surface area contributed by atoms with E-state index in [4.69, 9.17) is 4.74 Å². The first-order chi connectivity index (χ1) is 10.5. The third-order valence-electron chi connectivity index (χ3n) is 3.49. The van der Waals surface area contributed by atoms with Gasteiger partial charge in [-0.1, -0.05) is 15.9 Å². The van der Waals surface area contributed by atoms with E-state index in [2.05, 4.69) is 21.2 Å². The average Bonchev–Trinajstić information content (AvgIpc) is 2.47. The molecule has 0 spiro atoms. The van der Waals surface area contributed by atoms with Gasteiger partial charge in [-0.15, -0.1) is 0 Å². The Kier molecular flexibility index (Phi) is 4.67. The van der Waals surface area contributed by atoms with E-state index in [1.807, 2.05) is 40.8 Å². The molecule has 1 aliphatic rings. The monoisotopic (exact) mass is 475 g/mol. The van der Waals surface area contributed by atoms with E-state index in [1.54, 1.807) is 0 Å². The van der Waals surface area contributed by atoms with Crippen LogP contribution in [0.15, 0.2) is 40.9 Å². The minimum atomic E-state index is -0.346. The molecule has 1 heterocycles. The Morgan fingerprint density at radius 3 is 2.91 bits per heavy atom. The van der Waals surface area contributed by atoms with Crippen LogP contribution in [-0.4, -0.2) is 12.5 Å². The Bertz CT molecular complexity index is 738. The van der Waals surface area contributed by atoms with Crippen LogP contribution in [0, 0.1) is 9.39 Å². The second-order valence-corrected chi connectivity index (χ2v) is 7.05. The van der Waals surface area contributed by atoms with Crippen molar-refractivity contribution in [3.63, 3.8) is 0 Å². The summed E-state index contributed by atoms with van der Waals surface area (Å²) in [5.74, 6) is 0.233. The van der Waals surface area contributed by atoms with Crippen molar-refractivity contribution in [1.29, 1.82) is 0 Å². The number of nitrogens with one attached hydrogen (secondary N) is 1. The van der Waals surface area contributed by atoms with Crippen LogP contribution in [0.5, 0.6) is 5.75 Å². The van der Waals surface area contributed by atoms with Gasteiger partial charge >= 0.3 is 0 Å². The number of amides is 1. The molecule has 3 rings (SSSR count). The number of benzene rings is 2. The van der Waals surface area contributed by atoms with Crippen LogP contribution in [0.25, 0.3) is 0 Å². The number of carbonyl (C=O) groups excluding carboxylic acids is 1. The van der Waals surface area contributed by atoms with Crippen molar-refractivity contribution in [2.24, 2.45) is 0 Å². The quantitative estimate of drug-likeness (QED) is 0.652. The van der Waals surface area contributed by atoms with Gasteiger partial charge in [-0.2, -0.15) is 0 Å². The van der Waals surface area contributed by atoms with Crippen LogP contribution in [0.3, 0.4) is 0 Å². The second kappa shape index (κ2) is 6.54. The van der Waals surface area contributed by atoms with E-state index >= 15 is 0 Å². The topological polar surface area (TPSA) is 38.3 Å². The maximum absolute atomic E-state index is 13.2. The third kappa shape index (κ3) is 3.27. The molecule has 1 unspecified atom stereocenters. The average molecular weight is 476 g/mol. The number of carbonyl (C=O) groups is 1. The van der Waals surface area contributed by atoms with E-state index in [-0.39, 0.29) is 17.8 Å². The molecular formula is C16H12BrFINO2. The van der Waals surface area contributed by atoms with Gasteiger partial charge in [0.2, 0.25) is 0 Å². The third-order valence-corrected chi connectivity index (χ3v) is 4.88. The molecule has 1 N–H and O–H groups in total. The van der Waals surface area contributed by atoms with Crippen LogP contribution in [-0.2, 0) is 0 Å². The van der Waals surface area contributed by atoms with Crippen LogP contribution in [0.2, 0.25) is 0 Å². The van der Waals surface area contributed by atoms with E-state index in [1.165, 1.54) is 18.2 Å². The molecule has 1 atom stereocenters. The van der Waals surface area contributed by atoms with Crippen molar-refractivity contribution < 1.29 is 13.9 Å². The van der Waals surface area contributed by atoms with Gasteiger partial charge < -0.3 is 10.1 Å². The summed E-state index contributed by atoms with van der Waals surface area (Å²) in [5.41, 5.74) is 1.43. The van der Waals surface area contributed by atoms with E-state index in [9.17, 15) is 9.18 Å². The highest BCUT2D eigenvalue weighted by Crippen LogP contribution is 2.34. The number of halogens is 3. The normalized spacial score (nSPS) is 16.6.